The number of halogens is 1. The van der Waals surface area contributed by atoms with Crippen LogP contribution < -0.4 is 10.1 Å². The van der Waals surface area contributed by atoms with Crippen molar-refractivity contribution in [3.05, 3.63) is 28.2 Å². The van der Waals surface area contributed by atoms with Crippen LogP contribution in [0.4, 0.5) is 0 Å². The highest BCUT2D eigenvalue weighted by Crippen LogP contribution is 2.20. The summed E-state index contributed by atoms with van der Waals surface area (Å²) in [5, 5.41) is 14.3. The predicted octanol–water partition coefficient (Wildman–Crippen LogP) is 2.47. The molecule has 0 saturated carbocycles. The number of hydrogen-bond donors (Lipinski definition) is 2. The highest BCUT2D eigenvalue weighted by Gasteiger charge is 2.19. The second-order valence-corrected chi connectivity index (χ2v) is 5.58. The Balaban J connectivity index is 1.93. The summed E-state index contributed by atoms with van der Waals surface area (Å²) in [6, 6.07) is 1.78. The van der Waals surface area contributed by atoms with Crippen molar-refractivity contribution < 1.29 is 9.53 Å². The van der Waals surface area contributed by atoms with Crippen molar-refractivity contribution in [3.63, 3.8) is 0 Å². The van der Waals surface area contributed by atoms with E-state index in [-0.39, 0.29) is 5.91 Å². The van der Waals surface area contributed by atoms with Gasteiger partial charge in [-0.25, -0.2) is 0 Å². The first-order valence-electron chi connectivity index (χ1n) is 7.73. The van der Waals surface area contributed by atoms with E-state index >= 15 is 0 Å². The van der Waals surface area contributed by atoms with E-state index in [2.05, 4.69) is 27.5 Å². The van der Waals surface area contributed by atoms with Crippen LogP contribution in [0.2, 0.25) is 5.02 Å². The van der Waals surface area contributed by atoms with E-state index in [9.17, 15) is 4.79 Å². The third kappa shape index (κ3) is 4.25. The highest BCUT2D eigenvalue weighted by atomic mass is 35.5. The van der Waals surface area contributed by atoms with Gasteiger partial charge >= 0.3 is 0 Å². The lowest BCUT2D eigenvalue weighted by Gasteiger charge is -2.04. The minimum absolute atomic E-state index is 0.271. The fraction of sp³-hybridized carbons (Fsp3) is 0.533. The van der Waals surface area contributed by atoms with Crippen LogP contribution in [0, 0.1) is 0 Å². The van der Waals surface area contributed by atoms with Crippen molar-refractivity contribution >= 4 is 17.5 Å². The molecular formula is C15H22ClN5O2. The van der Waals surface area contributed by atoms with E-state index in [1.54, 1.807) is 13.1 Å². The number of hydrogen-bond acceptors (Lipinski definition) is 4. The summed E-state index contributed by atoms with van der Waals surface area (Å²) in [5.41, 5.74) is 1.84. The molecule has 126 valence electrons. The maximum absolute atomic E-state index is 12.3. The Kier molecular flexibility index (Phi) is 6.04. The molecule has 0 spiro atoms. The minimum Gasteiger partial charge on any atom is -0.477 e. The zero-order valence-corrected chi connectivity index (χ0v) is 14.4. The van der Waals surface area contributed by atoms with Crippen LogP contribution in [0.15, 0.2) is 6.07 Å². The Labute approximate surface area is 140 Å². The molecule has 0 aliphatic rings. The number of H-pyrrole nitrogens is 1. The van der Waals surface area contributed by atoms with E-state index in [1.165, 1.54) is 4.68 Å². The first kappa shape index (κ1) is 17.3. The SMILES string of the molecule is CCCCOc1cc(CNC(=O)c2c(Cl)c(CC)nn2C)[nH]n1. The number of nitrogens with one attached hydrogen (secondary N) is 2. The van der Waals surface area contributed by atoms with Crippen molar-refractivity contribution in [3.8, 4) is 5.88 Å². The van der Waals surface area contributed by atoms with Crippen LogP contribution in [-0.2, 0) is 20.0 Å². The average molecular weight is 340 g/mol. The molecule has 0 aliphatic carbocycles. The normalized spacial score (nSPS) is 10.8. The van der Waals surface area contributed by atoms with Crippen LogP contribution in [-0.4, -0.2) is 32.5 Å². The molecule has 0 unspecified atom stereocenters. The fourth-order valence-corrected chi connectivity index (χ4v) is 2.49. The van der Waals surface area contributed by atoms with Gasteiger partial charge in [0, 0.05) is 13.1 Å². The molecule has 7 nitrogen and oxygen atoms in total. The number of amides is 1. The molecule has 2 N–H and O–H groups in total. The van der Waals surface area contributed by atoms with Crippen LogP contribution in [0.1, 0.15) is 48.6 Å². The summed E-state index contributed by atoms with van der Waals surface area (Å²) in [6.45, 7) is 4.99. The third-order valence-electron chi connectivity index (χ3n) is 3.40. The van der Waals surface area contributed by atoms with E-state index < -0.39 is 0 Å². The molecule has 0 saturated heterocycles. The van der Waals surface area contributed by atoms with Crippen molar-refractivity contribution in [2.75, 3.05) is 6.61 Å². The number of rotatable bonds is 8. The molecule has 23 heavy (non-hydrogen) atoms. The van der Waals surface area contributed by atoms with Gasteiger partial charge in [-0.2, -0.15) is 5.10 Å². The topological polar surface area (TPSA) is 84.8 Å². The number of aryl methyl sites for hydroxylation is 2. The molecule has 0 atom stereocenters. The van der Waals surface area contributed by atoms with Gasteiger partial charge in [0.25, 0.3) is 5.91 Å². The van der Waals surface area contributed by atoms with Crippen LogP contribution >= 0.6 is 11.6 Å². The van der Waals surface area contributed by atoms with Gasteiger partial charge in [0.05, 0.1) is 29.6 Å². The quantitative estimate of drug-likeness (QED) is 0.723. The van der Waals surface area contributed by atoms with Gasteiger partial charge in [-0.15, -0.1) is 5.10 Å². The van der Waals surface area contributed by atoms with Gasteiger partial charge in [0.1, 0.15) is 5.69 Å². The molecule has 1 amide bonds. The lowest BCUT2D eigenvalue weighted by molar-refractivity contribution is 0.0941. The summed E-state index contributed by atoms with van der Waals surface area (Å²) in [5.74, 6) is 0.266. The molecular weight excluding hydrogens is 318 g/mol. The summed E-state index contributed by atoms with van der Waals surface area (Å²) in [7, 11) is 1.70. The van der Waals surface area contributed by atoms with Gasteiger partial charge in [-0.1, -0.05) is 31.9 Å². The number of aromatic nitrogens is 4. The second kappa shape index (κ2) is 8.01. The molecule has 0 aliphatic heterocycles. The molecule has 0 fully saturated rings. The predicted molar refractivity (Wildman–Crippen MR) is 87.8 cm³/mol. The Morgan fingerprint density at radius 1 is 1.48 bits per heavy atom. The van der Waals surface area contributed by atoms with E-state index in [4.69, 9.17) is 16.3 Å². The van der Waals surface area contributed by atoms with Crippen LogP contribution in [0.3, 0.4) is 0 Å². The van der Waals surface area contributed by atoms with Gasteiger partial charge in [-0.05, 0) is 12.8 Å². The third-order valence-corrected chi connectivity index (χ3v) is 3.80. The van der Waals surface area contributed by atoms with Crippen molar-refractivity contribution in [2.45, 2.75) is 39.7 Å². The minimum atomic E-state index is -0.271. The summed E-state index contributed by atoms with van der Waals surface area (Å²) in [4.78, 5) is 12.3. The zero-order valence-electron chi connectivity index (χ0n) is 13.6. The van der Waals surface area contributed by atoms with Crippen molar-refractivity contribution in [1.29, 1.82) is 0 Å². The van der Waals surface area contributed by atoms with Gasteiger partial charge in [-0.3, -0.25) is 14.6 Å². The van der Waals surface area contributed by atoms with Crippen molar-refractivity contribution in [1.82, 2.24) is 25.3 Å². The number of aromatic amines is 1. The summed E-state index contributed by atoms with van der Waals surface area (Å²) in [6.07, 6.45) is 2.73. The maximum atomic E-state index is 12.3. The number of ether oxygens (including phenoxy) is 1. The molecule has 8 heteroatoms. The summed E-state index contributed by atoms with van der Waals surface area (Å²) < 4.78 is 6.99. The van der Waals surface area contributed by atoms with Crippen LogP contribution in [0.25, 0.3) is 0 Å². The fourth-order valence-electron chi connectivity index (χ4n) is 2.11. The highest BCUT2D eigenvalue weighted by molar-refractivity contribution is 6.34. The van der Waals surface area contributed by atoms with Gasteiger partial charge in [0.15, 0.2) is 0 Å². The Morgan fingerprint density at radius 2 is 2.26 bits per heavy atom. The number of carbonyl (C=O) groups excluding carboxylic acids is 1. The standard InChI is InChI=1S/C15H22ClN5O2/c1-4-6-7-23-12-8-10(18-19-12)9-17-15(22)14-13(16)11(5-2)20-21(14)3/h8H,4-7,9H2,1-3H3,(H,17,22)(H,18,19). The Bertz CT molecular complexity index is 665. The largest absolute Gasteiger partial charge is 0.477 e. The summed E-state index contributed by atoms with van der Waals surface area (Å²) >= 11 is 6.20. The molecule has 2 aromatic rings. The van der Waals surface area contributed by atoms with E-state index in [1.807, 2.05) is 6.92 Å². The van der Waals surface area contributed by atoms with E-state index in [0.29, 0.717) is 41.9 Å². The zero-order chi connectivity index (χ0) is 16.8. The lowest BCUT2D eigenvalue weighted by atomic mass is 10.3. The maximum Gasteiger partial charge on any atom is 0.271 e. The van der Waals surface area contributed by atoms with Crippen LogP contribution in [0.5, 0.6) is 5.88 Å². The molecule has 2 aromatic heterocycles. The Morgan fingerprint density at radius 3 is 2.91 bits per heavy atom. The van der Waals surface area contributed by atoms with Crippen molar-refractivity contribution in [2.24, 2.45) is 7.05 Å². The lowest BCUT2D eigenvalue weighted by Crippen LogP contribution is -2.25. The van der Waals surface area contributed by atoms with Gasteiger partial charge < -0.3 is 10.1 Å². The van der Waals surface area contributed by atoms with Gasteiger partial charge in [0.2, 0.25) is 5.88 Å². The Hall–Kier alpha value is -2.02. The number of carbonyl (C=O) groups is 1. The second-order valence-electron chi connectivity index (χ2n) is 5.20. The first-order valence-corrected chi connectivity index (χ1v) is 8.11. The average Bonchev–Trinajstić information content (AvgIpc) is 3.09. The molecule has 2 rings (SSSR count). The first-order chi connectivity index (χ1) is 11.1. The number of unbranched alkanes of at least 4 members (excludes halogenated alkanes) is 1. The molecule has 0 radical (unpaired) electrons. The molecule has 0 aromatic carbocycles. The molecule has 0 bridgehead atoms. The molecule has 2 heterocycles. The van der Waals surface area contributed by atoms with E-state index in [0.717, 1.165) is 18.5 Å². The number of nitrogens with zero attached hydrogens (tertiary/aromatic N) is 3. The smallest absolute Gasteiger partial charge is 0.271 e. The monoisotopic (exact) mass is 339 g/mol.